The van der Waals surface area contributed by atoms with Crippen molar-refractivity contribution in [2.24, 2.45) is 0 Å². The van der Waals surface area contributed by atoms with Crippen molar-refractivity contribution >= 4 is 120 Å². The van der Waals surface area contributed by atoms with Gasteiger partial charge in [-0.3, -0.25) is 0 Å². The Balaban J connectivity index is 0.000000114. The van der Waals surface area contributed by atoms with Gasteiger partial charge in [-0.15, -0.1) is 0 Å². The van der Waals surface area contributed by atoms with Gasteiger partial charge in [0.2, 0.25) is 0 Å². The van der Waals surface area contributed by atoms with Crippen molar-refractivity contribution in [3.8, 4) is 124 Å². The summed E-state index contributed by atoms with van der Waals surface area (Å²) in [4.78, 5) is 35.5. The van der Waals surface area contributed by atoms with Crippen LogP contribution in [0.25, 0.3) is 221 Å². The summed E-state index contributed by atoms with van der Waals surface area (Å²) >= 11 is 0. The lowest BCUT2D eigenvalue weighted by Gasteiger charge is -2.20. The summed E-state index contributed by atoms with van der Waals surface area (Å²) in [7, 11) is -3.03. The molecule has 5 heterocycles. The van der Waals surface area contributed by atoms with Gasteiger partial charge in [-0.2, -0.15) is 0 Å². The largest absolute Gasteiger partial charge is 0.309 e. The Morgan fingerprint density at radius 2 is 0.396 bits per heavy atom. The summed E-state index contributed by atoms with van der Waals surface area (Å²) < 4.78 is 14.8. The first-order chi connectivity index (χ1) is 66.3. The number of para-hydroxylation sites is 3. The lowest BCUT2D eigenvalue weighted by atomic mass is 9.94. The molecule has 0 amide bonds. The van der Waals surface area contributed by atoms with Crippen LogP contribution in [-0.4, -0.2) is 34.9 Å². The van der Waals surface area contributed by atoms with Gasteiger partial charge in [-0.1, -0.05) is 455 Å². The number of aromatic nitrogens is 7. The van der Waals surface area contributed by atoms with Crippen LogP contribution in [0.5, 0.6) is 0 Å². The highest BCUT2D eigenvalue weighted by Crippen LogP contribution is 2.46. The monoisotopic (exact) mass is 1730 g/mol. The van der Waals surface area contributed by atoms with Gasteiger partial charge in [0.15, 0.2) is 18.8 Å². The first-order valence-corrected chi connectivity index (χ1v) is 46.9. The predicted octanol–water partition coefficient (Wildman–Crippen LogP) is 31.2. The molecule has 134 heavy (non-hydrogen) atoms. The van der Waals surface area contributed by atoms with Crippen molar-refractivity contribution < 1.29 is 4.57 Å². The van der Waals surface area contributed by atoms with E-state index in [0.717, 1.165) is 166 Å². The number of fused-ring (bicyclic) bond motifs is 15. The SMILES string of the molecule is O=P(c1ccccc1)(c1ccccc1)c1ccc(-c2nc3ccccc3c3c2ccc2ccccc23)cc1.c1ccc(-c2cc(-c3ccc(-c4cccc(-c5nc6ccccc6c6c5ccc5ccccc56)c4)cc3)nc(-c3ccccc3)n2)cc1.c1ccc(-c2cc(-c3ccccc3)nc(-c3ccc(-c4cccc(-c5nc6ccccc6c6c5ccc5ccccc56)c4)cc3)n2)cc1. The summed E-state index contributed by atoms with van der Waals surface area (Å²) in [5.41, 5.74) is 23.4. The summed E-state index contributed by atoms with van der Waals surface area (Å²) in [6.45, 7) is 0. The molecule has 0 saturated heterocycles. The Labute approximate surface area is 775 Å². The second-order valence-electron chi connectivity index (χ2n) is 33.6. The molecule has 5 aromatic heterocycles. The Bertz CT molecular complexity index is 8220. The van der Waals surface area contributed by atoms with E-state index in [2.05, 4.69) is 346 Å². The van der Waals surface area contributed by atoms with Crippen LogP contribution in [0.1, 0.15) is 0 Å². The van der Waals surface area contributed by atoms with Gasteiger partial charge in [0.25, 0.3) is 0 Å². The molecule has 8 nitrogen and oxygen atoms in total. The molecule has 25 aromatic rings. The molecule has 628 valence electrons. The molecule has 0 aliphatic heterocycles. The van der Waals surface area contributed by atoms with E-state index in [1.54, 1.807) is 0 Å². The van der Waals surface area contributed by atoms with Gasteiger partial charge in [-0.05, 0) is 97.0 Å². The van der Waals surface area contributed by atoms with Gasteiger partial charge < -0.3 is 4.57 Å². The number of hydrogen-bond acceptors (Lipinski definition) is 8. The van der Waals surface area contributed by atoms with E-state index >= 15 is 0 Å². The second kappa shape index (κ2) is 35.6. The van der Waals surface area contributed by atoms with Crippen LogP contribution >= 0.6 is 7.14 Å². The lowest BCUT2D eigenvalue weighted by Crippen LogP contribution is -2.24. The lowest BCUT2D eigenvalue weighted by molar-refractivity contribution is 0.592. The first-order valence-electron chi connectivity index (χ1n) is 45.2. The smallest absolute Gasteiger partial charge is 0.171 e. The minimum Gasteiger partial charge on any atom is -0.309 e. The molecule has 25 rings (SSSR count). The summed E-state index contributed by atoms with van der Waals surface area (Å²) in [5.74, 6) is 1.42. The van der Waals surface area contributed by atoms with E-state index < -0.39 is 7.14 Å². The molecule has 0 spiro atoms. The summed E-state index contributed by atoms with van der Waals surface area (Å²) in [6, 6.07) is 172. The van der Waals surface area contributed by atoms with Crippen LogP contribution < -0.4 is 15.9 Å². The number of benzene rings is 20. The topological polar surface area (TPSA) is 107 Å². The third-order valence-electron chi connectivity index (χ3n) is 25.5. The van der Waals surface area contributed by atoms with Crippen molar-refractivity contribution in [2.75, 3.05) is 0 Å². The van der Waals surface area contributed by atoms with E-state index in [0.29, 0.717) is 11.6 Å². The molecule has 0 saturated carbocycles. The molecule has 0 bridgehead atoms. The molecule has 9 heteroatoms. The Morgan fingerprint density at radius 1 is 0.149 bits per heavy atom. The van der Waals surface area contributed by atoms with Gasteiger partial charge in [0.1, 0.15) is 0 Å². The number of rotatable bonds is 14. The van der Waals surface area contributed by atoms with Crippen molar-refractivity contribution in [3.63, 3.8) is 0 Å². The Kier molecular flexibility index (Phi) is 21.5. The van der Waals surface area contributed by atoms with Crippen molar-refractivity contribution in [1.29, 1.82) is 0 Å². The quantitative estimate of drug-likeness (QED) is 0.0783. The van der Waals surface area contributed by atoms with Gasteiger partial charge >= 0.3 is 0 Å². The first kappa shape index (κ1) is 81.1. The molecular weight excluding hydrogens is 1650 g/mol. The highest BCUT2D eigenvalue weighted by molar-refractivity contribution is 7.85. The Morgan fingerprint density at radius 3 is 0.754 bits per heavy atom. The van der Waals surface area contributed by atoms with Crippen LogP contribution in [0.15, 0.2) is 497 Å². The average molecular weight is 1730 g/mol. The molecule has 20 aromatic carbocycles. The highest BCUT2D eigenvalue weighted by Gasteiger charge is 2.30. The maximum atomic E-state index is 14.8. The fourth-order valence-electron chi connectivity index (χ4n) is 18.9. The molecule has 0 N–H and O–H groups in total. The van der Waals surface area contributed by atoms with E-state index in [1.165, 1.54) is 59.2 Å². The average Bonchev–Trinajstić information content (AvgIpc) is 0.748. The van der Waals surface area contributed by atoms with Crippen LogP contribution in [-0.2, 0) is 4.57 Å². The van der Waals surface area contributed by atoms with Crippen LogP contribution in [0.4, 0.5) is 0 Å². The fraction of sp³-hybridized carbons (Fsp3) is 0. The normalized spacial score (nSPS) is 11.5. The van der Waals surface area contributed by atoms with Gasteiger partial charge in [-0.25, -0.2) is 34.9 Å². The third kappa shape index (κ3) is 15.6. The molecule has 0 fully saturated rings. The van der Waals surface area contributed by atoms with E-state index in [4.69, 9.17) is 34.9 Å². The standard InChI is InChI=1S/2C45H29N3.C35H24NOP/c1-3-13-32(14-4-1)41-29-42(48-45(47-41)34-15-5-2-6-16-34)33-24-22-30(23-25-33)35-17-11-18-36(28-35)44-39-27-26-31-12-7-8-19-37(31)43(39)38-20-9-10-21-40(38)46-44;1-3-13-32(14-4-1)41-29-42(33-15-5-2-6-16-33)48-45(47-41)34-24-22-30(23-25-34)35-17-11-18-36(28-35)44-39-27-26-31-12-7-8-19-37(31)43(39)38-20-9-10-21-40(38)46-44;37-38(27-12-3-1-4-13-27,28-14-5-2-6-15-28)29-22-19-26(20-23-29)35-32-24-21-25-11-7-8-16-30(25)34(32)31-17-9-10-18-33(31)36-35/h2*1-29H;1-24H. The summed E-state index contributed by atoms with van der Waals surface area (Å²) in [5, 5.41) is 20.5. The number of hydrogen-bond donors (Lipinski definition) is 0. The third-order valence-corrected chi connectivity index (χ3v) is 28.5. The van der Waals surface area contributed by atoms with Gasteiger partial charge in [0, 0.05) is 114 Å². The zero-order chi connectivity index (χ0) is 89.3. The van der Waals surface area contributed by atoms with Gasteiger partial charge in [0.05, 0.1) is 56.4 Å². The van der Waals surface area contributed by atoms with Crippen molar-refractivity contribution in [1.82, 2.24) is 34.9 Å². The predicted molar refractivity (Wildman–Crippen MR) is 561 cm³/mol. The Hall–Kier alpha value is -17.4. The highest BCUT2D eigenvalue weighted by atomic mass is 31.2. The molecular formula is C125H82N7OP. The molecule has 0 radical (unpaired) electrons. The molecule has 0 aliphatic carbocycles. The maximum Gasteiger partial charge on any atom is 0.171 e. The van der Waals surface area contributed by atoms with Crippen molar-refractivity contribution in [2.45, 2.75) is 0 Å². The van der Waals surface area contributed by atoms with Crippen molar-refractivity contribution in [3.05, 3.63) is 497 Å². The van der Waals surface area contributed by atoms with E-state index in [1.807, 2.05) is 152 Å². The zero-order valence-electron chi connectivity index (χ0n) is 72.8. The number of pyridine rings is 3. The van der Waals surface area contributed by atoms with Crippen LogP contribution in [0, 0.1) is 0 Å². The molecule has 0 atom stereocenters. The van der Waals surface area contributed by atoms with Crippen LogP contribution in [0.3, 0.4) is 0 Å². The molecule has 0 unspecified atom stereocenters. The molecule has 0 aliphatic rings. The van der Waals surface area contributed by atoms with Crippen LogP contribution in [0.2, 0.25) is 0 Å². The second-order valence-corrected chi connectivity index (χ2v) is 36.4. The minimum atomic E-state index is -3.03. The van der Waals surface area contributed by atoms with E-state index in [9.17, 15) is 4.57 Å². The fourth-order valence-corrected chi connectivity index (χ4v) is 21.5. The number of nitrogens with zero attached hydrogens (tertiary/aromatic N) is 7. The minimum absolute atomic E-state index is 0.703. The summed E-state index contributed by atoms with van der Waals surface area (Å²) in [6.07, 6.45) is 0. The zero-order valence-corrected chi connectivity index (χ0v) is 73.7. The maximum absolute atomic E-state index is 14.8. The van der Waals surface area contributed by atoms with E-state index in [-0.39, 0.29) is 0 Å².